The molecule has 0 aliphatic carbocycles. The van der Waals surface area contributed by atoms with Gasteiger partial charge in [0.2, 0.25) is 10.0 Å². The molecule has 0 aliphatic heterocycles. The second-order valence-corrected chi connectivity index (χ2v) is 9.47. The van der Waals surface area contributed by atoms with Crippen LogP contribution in [0.15, 0.2) is 52.1 Å². The number of nitrogens with one attached hydrogen (secondary N) is 1. The van der Waals surface area contributed by atoms with Gasteiger partial charge in [0.05, 0.1) is 19.8 Å². The van der Waals surface area contributed by atoms with Crippen LogP contribution >= 0.6 is 22.7 Å². The second-order valence-electron chi connectivity index (χ2n) is 5.78. The molecule has 0 bridgehead atoms. The number of ether oxygens (including phenoxy) is 2. The summed E-state index contributed by atoms with van der Waals surface area (Å²) in [5, 5.41) is 4.11. The molecule has 1 N–H and O–H groups in total. The lowest BCUT2D eigenvalue weighted by Crippen LogP contribution is -2.26. The van der Waals surface area contributed by atoms with E-state index >= 15 is 0 Å². The zero-order chi connectivity index (χ0) is 20.1. The summed E-state index contributed by atoms with van der Waals surface area (Å²) in [5.41, 5.74) is 1.31. The summed E-state index contributed by atoms with van der Waals surface area (Å²) in [7, 11) is -1.23. The molecule has 0 amide bonds. The first-order chi connectivity index (χ1) is 13.4. The third-order valence-corrected chi connectivity index (χ3v) is 7.36. The molecule has 0 spiro atoms. The molecule has 1 aromatic carbocycles. The van der Waals surface area contributed by atoms with Crippen molar-refractivity contribution in [2.45, 2.75) is 11.3 Å². The Kier molecular flexibility index (Phi) is 6.50. The van der Waals surface area contributed by atoms with Crippen molar-refractivity contribution in [2.24, 2.45) is 0 Å². The second kappa shape index (κ2) is 8.87. The van der Waals surface area contributed by atoms with Crippen LogP contribution in [0.25, 0.3) is 10.4 Å². The lowest BCUT2D eigenvalue weighted by Gasteiger charge is -2.11. The monoisotopic (exact) mass is 437 g/mol. The summed E-state index contributed by atoms with van der Waals surface area (Å²) in [6, 6.07) is 10.3. The molecule has 28 heavy (non-hydrogen) atoms. The first-order valence-corrected chi connectivity index (χ1v) is 11.6. The molecule has 0 radical (unpaired) electrons. The van der Waals surface area contributed by atoms with Gasteiger partial charge in [-0.3, -0.25) is 0 Å². The summed E-state index contributed by atoms with van der Waals surface area (Å²) >= 11 is 3.28. The largest absolute Gasteiger partial charge is 0.495 e. The smallest absolute Gasteiger partial charge is 0.337 e. The number of carbonyl (C=O) groups is 1. The van der Waals surface area contributed by atoms with Crippen LogP contribution in [0.4, 0.5) is 0 Å². The molecule has 0 aliphatic rings. The van der Waals surface area contributed by atoms with Crippen LogP contribution in [0, 0.1) is 0 Å². The molecule has 0 saturated heterocycles. The number of thiophene rings is 2. The van der Waals surface area contributed by atoms with Crippen LogP contribution in [-0.2, 0) is 21.2 Å². The van der Waals surface area contributed by atoms with Crippen molar-refractivity contribution in [3.63, 3.8) is 0 Å². The predicted octanol–water partition coefficient (Wildman–Crippen LogP) is 3.79. The van der Waals surface area contributed by atoms with Gasteiger partial charge in [0, 0.05) is 21.9 Å². The molecule has 2 heterocycles. The van der Waals surface area contributed by atoms with E-state index in [2.05, 4.69) is 20.9 Å². The zero-order valence-corrected chi connectivity index (χ0v) is 17.7. The standard InChI is InChI=1S/C19H19NO5S3/c1-24-16-5-3-13(19(21)25-2)11-18(16)28(22,23)20-9-7-15-4-6-17(27-15)14-8-10-26-12-14/h3-6,8,10-12,20H,7,9H2,1-2H3. The number of sulfonamides is 1. The Balaban J connectivity index is 1.71. The zero-order valence-electron chi connectivity index (χ0n) is 15.3. The van der Waals surface area contributed by atoms with Gasteiger partial charge in [0.25, 0.3) is 0 Å². The minimum absolute atomic E-state index is 0.0944. The van der Waals surface area contributed by atoms with E-state index in [9.17, 15) is 13.2 Å². The van der Waals surface area contributed by atoms with Gasteiger partial charge in [-0.25, -0.2) is 17.9 Å². The van der Waals surface area contributed by atoms with Crippen LogP contribution in [0.1, 0.15) is 15.2 Å². The quantitative estimate of drug-likeness (QED) is 0.542. The van der Waals surface area contributed by atoms with Crippen molar-refractivity contribution in [1.29, 1.82) is 0 Å². The molecule has 148 valence electrons. The van der Waals surface area contributed by atoms with E-state index in [4.69, 9.17) is 4.74 Å². The Labute approximate surface area is 171 Å². The normalized spacial score (nSPS) is 11.4. The Morgan fingerprint density at radius 2 is 1.96 bits per heavy atom. The lowest BCUT2D eigenvalue weighted by molar-refractivity contribution is 0.0600. The van der Waals surface area contributed by atoms with Gasteiger partial charge in [-0.1, -0.05) is 0 Å². The molecule has 6 nitrogen and oxygen atoms in total. The Bertz CT molecular complexity index is 1060. The van der Waals surface area contributed by atoms with Crippen LogP contribution in [0.2, 0.25) is 0 Å². The van der Waals surface area contributed by atoms with E-state index in [1.54, 1.807) is 22.7 Å². The highest BCUT2D eigenvalue weighted by Gasteiger charge is 2.21. The minimum Gasteiger partial charge on any atom is -0.495 e. The van der Waals surface area contributed by atoms with Crippen LogP contribution in [0.5, 0.6) is 5.75 Å². The highest BCUT2D eigenvalue weighted by Crippen LogP contribution is 2.30. The van der Waals surface area contributed by atoms with Gasteiger partial charge in [0.1, 0.15) is 10.6 Å². The van der Waals surface area contributed by atoms with Crippen LogP contribution in [0.3, 0.4) is 0 Å². The van der Waals surface area contributed by atoms with E-state index in [-0.39, 0.29) is 22.8 Å². The number of methoxy groups -OCH3 is 2. The lowest BCUT2D eigenvalue weighted by atomic mass is 10.2. The van der Waals surface area contributed by atoms with Crippen molar-refractivity contribution in [3.8, 4) is 16.2 Å². The van der Waals surface area contributed by atoms with Crippen molar-refractivity contribution in [2.75, 3.05) is 20.8 Å². The summed E-state index contributed by atoms with van der Waals surface area (Å²) in [6.07, 6.45) is 0.563. The highest BCUT2D eigenvalue weighted by atomic mass is 32.2. The van der Waals surface area contributed by atoms with E-state index < -0.39 is 16.0 Å². The van der Waals surface area contributed by atoms with Gasteiger partial charge in [0.15, 0.2) is 0 Å². The molecule has 0 fully saturated rings. The number of benzene rings is 1. The maximum Gasteiger partial charge on any atom is 0.337 e. The fraction of sp³-hybridized carbons (Fsp3) is 0.211. The van der Waals surface area contributed by atoms with Crippen LogP contribution < -0.4 is 9.46 Å². The highest BCUT2D eigenvalue weighted by molar-refractivity contribution is 7.89. The number of rotatable bonds is 8. The maximum absolute atomic E-state index is 12.7. The average molecular weight is 438 g/mol. The van der Waals surface area contributed by atoms with Gasteiger partial charge >= 0.3 is 5.97 Å². The van der Waals surface area contributed by atoms with Crippen molar-refractivity contribution >= 4 is 38.7 Å². The molecule has 0 unspecified atom stereocenters. The molecule has 3 aromatic rings. The number of carbonyl (C=O) groups excluding carboxylic acids is 1. The molecular formula is C19H19NO5S3. The Morgan fingerprint density at radius 3 is 2.64 bits per heavy atom. The molecule has 3 rings (SSSR count). The Hall–Kier alpha value is -2.20. The number of esters is 1. The van der Waals surface area contributed by atoms with Gasteiger partial charge in [-0.2, -0.15) is 11.3 Å². The van der Waals surface area contributed by atoms with Crippen LogP contribution in [-0.4, -0.2) is 35.2 Å². The topological polar surface area (TPSA) is 81.7 Å². The van der Waals surface area contributed by atoms with E-state index in [0.717, 1.165) is 9.75 Å². The average Bonchev–Trinajstić information content (AvgIpc) is 3.38. The Morgan fingerprint density at radius 1 is 1.14 bits per heavy atom. The predicted molar refractivity (Wildman–Crippen MR) is 111 cm³/mol. The molecular weight excluding hydrogens is 418 g/mol. The van der Waals surface area contributed by atoms with E-state index in [0.29, 0.717) is 6.42 Å². The molecule has 0 saturated carbocycles. The molecule has 0 atom stereocenters. The molecule has 9 heteroatoms. The SMILES string of the molecule is COC(=O)c1ccc(OC)c(S(=O)(=O)NCCc2ccc(-c3ccsc3)s2)c1. The summed E-state index contributed by atoms with van der Waals surface area (Å²) < 4.78 is 37.8. The molecule has 2 aromatic heterocycles. The minimum atomic E-state index is -3.85. The number of hydrogen-bond acceptors (Lipinski definition) is 7. The summed E-state index contributed by atoms with van der Waals surface area (Å²) in [6.45, 7) is 0.234. The summed E-state index contributed by atoms with van der Waals surface area (Å²) in [5.74, 6) is -0.449. The van der Waals surface area contributed by atoms with Crippen molar-refractivity contribution in [1.82, 2.24) is 4.72 Å². The summed E-state index contributed by atoms with van der Waals surface area (Å²) in [4.78, 5) is 13.9. The third-order valence-electron chi connectivity index (χ3n) is 4.01. The van der Waals surface area contributed by atoms with E-state index in [1.807, 2.05) is 17.5 Å². The first-order valence-electron chi connectivity index (χ1n) is 8.32. The third kappa shape index (κ3) is 4.61. The maximum atomic E-state index is 12.7. The fourth-order valence-corrected chi connectivity index (χ4v) is 5.55. The van der Waals surface area contributed by atoms with Crippen molar-refractivity contribution in [3.05, 3.63) is 57.6 Å². The number of hydrogen-bond donors (Lipinski definition) is 1. The van der Waals surface area contributed by atoms with E-state index in [1.165, 1.54) is 38.0 Å². The van der Waals surface area contributed by atoms with Gasteiger partial charge in [-0.15, -0.1) is 11.3 Å². The van der Waals surface area contributed by atoms with Crippen molar-refractivity contribution < 1.29 is 22.7 Å². The van der Waals surface area contributed by atoms with Gasteiger partial charge in [-0.05, 0) is 53.6 Å². The van der Waals surface area contributed by atoms with Gasteiger partial charge < -0.3 is 9.47 Å². The fourth-order valence-electron chi connectivity index (χ4n) is 2.59. The first kappa shape index (κ1) is 20.5.